The SMILES string of the molecule is OCc1n[nH]c(=S)n1-c1ccc(Br)cc1Cl. The van der Waals surface area contributed by atoms with Gasteiger partial charge in [0.05, 0.1) is 10.7 Å². The molecule has 84 valence electrons. The highest BCUT2D eigenvalue weighted by molar-refractivity contribution is 9.10. The summed E-state index contributed by atoms with van der Waals surface area (Å²) in [5.41, 5.74) is 0.688. The molecule has 2 rings (SSSR count). The molecule has 1 heterocycles. The van der Waals surface area contributed by atoms with Crippen LogP contribution < -0.4 is 0 Å². The lowest BCUT2D eigenvalue weighted by atomic mass is 10.3. The molecule has 2 N–H and O–H groups in total. The van der Waals surface area contributed by atoms with E-state index in [-0.39, 0.29) is 6.61 Å². The lowest BCUT2D eigenvalue weighted by molar-refractivity contribution is 0.269. The Hall–Kier alpha value is -0.690. The number of H-pyrrole nitrogens is 1. The predicted molar refractivity (Wildman–Crippen MR) is 67.4 cm³/mol. The molecule has 0 unspecified atom stereocenters. The van der Waals surface area contributed by atoms with Crippen LogP contribution in [0.15, 0.2) is 22.7 Å². The fourth-order valence-corrected chi connectivity index (χ4v) is 2.35. The Morgan fingerprint density at radius 1 is 1.56 bits per heavy atom. The summed E-state index contributed by atoms with van der Waals surface area (Å²) in [5, 5.41) is 16.2. The number of aliphatic hydroxyl groups is 1. The number of benzene rings is 1. The monoisotopic (exact) mass is 319 g/mol. The van der Waals surface area contributed by atoms with E-state index in [4.69, 9.17) is 28.9 Å². The minimum Gasteiger partial charge on any atom is -0.388 e. The van der Waals surface area contributed by atoms with Gasteiger partial charge in [0, 0.05) is 4.47 Å². The van der Waals surface area contributed by atoms with Crippen molar-refractivity contribution in [1.29, 1.82) is 0 Å². The highest BCUT2D eigenvalue weighted by Crippen LogP contribution is 2.25. The molecule has 2 aromatic rings. The smallest absolute Gasteiger partial charge is 0.199 e. The quantitative estimate of drug-likeness (QED) is 0.837. The maximum absolute atomic E-state index is 9.14. The first kappa shape index (κ1) is 11.8. The highest BCUT2D eigenvalue weighted by atomic mass is 79.9. The Labute approximate surface area is 110 Å². The van der Waals surface area contributed by atoms with Crippen molar-refractivity contribution >= 4 is 39.7 Å². The Morgan fingerprint density at radius 3 is 2.94 bits per heavy atom. The zero-order chi connectivity index (χ0) is 11.7. The van der Waals surface area contributed by atoms with Crippen molar-refractivity contribution in [1.82, 2.24) is 14.8 Å². The summed E-state index contributed by atoms with van der Waals surface area (Å²) in [5.74, 6) is 0.425. The van der Waals surface area contributed by atoms with E-state index in [0.29, 0.717) is 21.3 Å². The van der Waals surface area contributed by atoms with Crippen LogP contribution in [0.3, 0.4) is 0 Å². The van der Waals surface area contributed by atoms with E-state index in [1.54, 1.807) is 16.7 Å². The first-order chi connectivity index (χ1) is 7.63. The average Bonchev–Trinajstić information content (AvgIpc) is 2.60. The third kappa shape index (κ3) is 2.06. The van der Waals surface area contributed by atoms with Crippen LogP contribution >= 0.6 is 39.7 Å². The zero-order valence-corrected chi connectivity index (χ0v) is 11.1. The third-order valence-electron chi connectivity index (χ3n) is 2.03. The predicted octanol–water partition coefficient (Wildman–Crippen LogP) is 2.84. The summed E-state index contributed by atoms with van der Waals surface area (Å²) >= 11 is 14.5. The molecule has 16 heavy (non-hydrogen) atoms. The van der Waals surface area contributed by atoms with E-state index in [2.05, 4.69) is 26.1 Å². The molecule has 0 radical (unpaired) electrons. The second-order valence-corrected chi connectivity index (χ2v) is 4.74. The van der Waals surface area contributed by atoms with Gasteiger partial charge in [0.2, 0.25) is 0 Å². The number of hydrogen-bond acceptors (Lipinski definition) is 3. The number of aliphatic hydroxyl groups excluding tert-OH is 1. The van der Waals surface area contributed by atoms with E-state index in [0.717, 1.165) is 4.47 Å². The number of hydrogen-bond donors (Lipinski definition) is 2. The number of nitrogens with one attached hydrogen (secondary N) is 1. The van der Waals surface area contributed by atoms with Gasteiger partial charge in [-0.2, -0.15) is 5.10 Å². The maximum atomic E-state index is 9.14. The standard InChI is InChI=1S/C9H7BrClN3OS/c10-5-1-2-7(6(11)3-5)14-8(4-15)12-13-9(14)16/h1-3,15H,4H2,(H,13,16). The van der Waals surface area contributed by atoms with Gasteiger partial charge in [-0.15, -0.1) is 0 Å². The fraction of sp³-hybridized carbons (Fsp3) is 0.111. The van der Waals surface area contributed by atoms with Crippen LogP contribution in [0.2, 0.25) is 5.02 Å². The molecule has 7 heteroatoms. The summed E-state index contributed by atoms with van der Waals surface area (Å²) in [6, 6.07) is 5.40. The molecule has 0 aliphatic carbocycles. The largest absolute Gasteiger partial charge is 0.388 e. The van der Waals surface area contributed by atoms with Crippen LogP contribution in [0.5, 0.6) is 0 Å². The molecule has 0 aliphatic heterocycles. The van der Waals surface area contributed by atoms with Gasteiger partial charge in [0.25, 0.3) is 0 Å². The van der Waals surface area contributed by atoms with Gasteiger partial charge in [-0.05, 0) is 30.4 Å². The molecule has 0 amide bonds. The van der Waals surface area contributed by atoms with Gasteiger partial charge in [-0.1, -0.05) is 27.5 Å². The van der Waals surface area contributed by atoms with Crippen molar-refractivity contribution < 1.29 is 5.11 Å². The Morgan fingerprint density at radius 2 is 2.31 bits per heavy atom. The van der Waals surface area contributed by atoms with Crippen LogP contribution in [-0.4, -0.2) is 19.9 Å². The molecule has 0 saturated heterocycles. The van der Waals surface area contributed by atoms with Crippen LogP contribution in [-0.2, 0) is 6.61 Å². The summed E-state index contributed by atoms with van der Waals surface area (Å²) in [6.07, 6.45) is 0. The zero-order valence-electron chi connectivity index (χ0n) is 7.94. The lowest BCUT2D eigenvalue weighted by Crippen LogP contribution is -2.01. The minimum absolute atomic E-state index is 0.209. The Bertz CT molecular complexity index is 580. The van der Waals surface area contributed by atoms with Gasteiger partial charge in [-0.3, -0.25) is 9.67 Å². The van der Waals surface area contributed by atoms with Crippen molar-refractivity contribution in [2.75, 3.05) is 0 Å². The number of aromatic amines is 1. The normalized spacial score (nSPS) is 10.7. The molecule has 0 atom stereocenters. The summed E-state index contributed by atoms with van der Waals surface area (Å²) < 4.78 is 2.87. The van der Waals surface area contributed by atoms with E-state index >= 15 is 0 Å². The van der Waals surface area contributed by atoms with Crippen molar-refractivity contribution in [2.24, 2.45) is 0 Å². The number of rotatable bonds is 2. The van der Waals surface area contributed by atoms with Crippen LogP contribution in [0, 0.1) is 4.77 Å². The Balaban J connectivity index is 2.67. The highest BCUT2D eigenvalue weighted by Gasteiger charge is 2.10. The molecule has 0 saturated carbocycles. The van der Waals surface area contributed by atoms with E-state index in [1.807, 2.05) is 6.07 Å². The Kier molecular flexibility index (Phi) is 3.44. The molecular weight excluding hydrogens is 314 g/mol. The van der Waals surface area contributed by atoms with Gasteiger partial charge in [0.1, 0.15) is 6.61 Å². The van der Waals surface area contributed by atoms with Crippen molar-refractivity contribution in [3.63, 3.8) is 0 Å². The van der Waals surface area contributed by atoms with E-state index < -0.39 is 0 Å². The molecule has 0 bridgehead atoms. The second kappa shape index (κ2) is 4.67. The number of aromatic nitrogens is 3. The number of halogens is 2. The summed E-state index contributed by atoms with van der Waals surface area (Å²) in [6.45, 7) is -0.209. The fourth-order valence-electron chi connectivity index (χ4n) is 1.35. The average molecular weight is 321 g/mol. The van der Waals surface area contributed by atoms with Crippen LogP contribution in [0.4, 0.5) is 0 Å². The third-order valence-corrected chi connectivity index (χ3v) is 3.10. The lowest BCUT2D eigenvalue weighted by Gasteiger charge is -2.07. The van der Waals surface area contributed by atoms with Gasteiger partial charge in [0.15, 0.2) is 10.6 Å². The first-order valence-corrected chi connectivity index (χ1v) is 5.94. The topological polar surface area (TPSA) is 53.8 Å². The van der Waals surface area contributed by atoms with E-state index in [9.17, 15) is 0 Å². The minimum atomic E-state index is -0.209. The van der Waals surface area contributed by atoms with Crippen LogP contribution in [0.25, 0.3) is 5.69 Å². The van der Waals surface area contributed by atoms with Crippen LogP contribution in [0.1, 0.15) is 5.82 Å². The van der Waals surface area contributed by atoms with Crippen molar-refractivity contribution in [2.45, 2.75) is 6.61 Å². The van der Waals surface area contributed by atoms with E-state index in [1.165, 1.54) is 0 Å². The molecule has 1 aromatic carbocycles. The van der Waals surface area contributed by atoms with Gasteiger partial charge < -0.3 is 5.11 Å². The first-order valence-electron chi connectivity index (χ1n) is 4.36. The molecule has 0 spiro atoms. The molecule has 0 aliphatic rings. The second-order valence-electron chi connectivity index (χ2n) is 3.03. The molecular formula is C9H7BrClN3OS. The van der Waals surface area contributed by atoms with Crippen molar-refractivity contribution in [3.05, 3.63) is 38.3 Å². The summed E-state index contributed by atoms with van der Waals surface area (Å²) in [4.78, 5) is 0. The number of nitrogens with zero attached hydrogens (tertiary/aromatic N) is 2. The van der Waals surface area contributed by atoms with Gasteiger partial charge >= 0.3 is 0 Å². The maximum Gasteiger partial charge on any atom is 0.199 e. The van der Waals surface area contributed by atoms with Crippen molar-refractivity contribution in [3.8, 4) is 5.69 Å². The summed E-state index contributed by atoms with van der Waals surface area (Å²) in [7, 11) is 0. The molecule has 0 fully saturated rings. The molecule has 4 nitrogen and oxygen atoms in total. The van der Waals surface area contributed by atoms with Gasteiger partial charge in [-0.25, -0.2) is 0 Å². The molecule has 1 aromatic heterocycles.